The molecule has 0 fully saturated rings. The molecule has 2 aromatic carbocycles. The van der Waals surface area contributed by atoms with E-state index in [4.69, 9.17) is 15.1 Å². The van der Waals surface area contributed by atoms with Gasteiger partial charge in [-0.3, -0.25) is 10.0 Å². The van der Waals surface area contributed by atoms with Crippen LogP contribution in [-0.4, -0.2) is 26.6 Å². The molecule has 164 valence electrons. The van der Waals surface area contributed by atoms with Crippen molar-refractivity contribution < 1.29 is 27.5 Å². The maximum absolute atomic E-state index is 14.4. The van der Waals surface area contributed by atoms with Gasteiger partial charge in [-0.05, 0) is 53.6 Å². The SMILES string of the molecule is COc1ccc(-c2c(-c3ccc(S(N)(=O)=O)cc3)csc2CCCC(=O)NO)cc1F. The molecular formula is C21H21FN2O5S2. The van der Waals surface area contributed by atoms with Crippen molar-refractivity contribution >= 4 is 27.3 Å². The van der Waals surface area contributed by atoms with Crippen molar-refractivity contribution in [2.75, 3.05) is 7.11 Å². The van der Waals surface area contributed by atoms with Crippen molar-refractivity contribution in [3.05, 3.63) is 58.5 Å². The highest BCUT2D eigenvalue weighted by Gasteiger charge is 2.18. The molecule has 0 unspecified atom stereocenters. The number of rotatable bonds is 8. The van der Waals surface area contributed by atoms with E-state index in [0.29, 0.717) is 18.4 Å². The molecule has 0 aliphatic rings. The summed E-state index contributed by atoms with van der Waals surface area (Å²) in [6.45, 7) is 0. The number of carbonyl (C=O) groups excluding carboxylic acids is 1. The lowest BCUT2D eigenvalue weighted by Gasteiger charge is -2.11. The molecule has 3 rings (SSSR count). The lowest BCUT2D eigenvalue weighted by molar-refractivity contribution is -0.129. The summed E-state index contributed by atoms with van der Waals surface area (Å²) < 4.78 is 42.5. The lowest BCUT2D eigenvalue weighted by Crippen LogP contribution is -2.18. The number of benzene rings is 2. The number of nitrogens with two attached hydrogens (primary N) is 1. The van der Waals surface area contributed by atoms with Crippen molar-refractivity contribution in [1.29, 1.82) is 0 Å². The number of halogens is 1. The van der Waals surface area contributed by atoms with Crippen LogP contribution in [0.15, 0.2) is 52.7 Å². The van der Waals surface area contributed by atoms with Gasteiger partial charge in [-0.1, -0.05) is 18.2 Å². The summed E-state index contributed by atoms with van der Waals surface area (Å²) >= 11 is 1.46. The monoisotopic (exact) mass is 464 g/mol. The third kappa shape index (κ3) is 5.28. The first-order valence-electron chi connectivity index (χ1n) is 9.25. The van der Waals surface area contributed by atoms with Crippen LogP contribution in [0.25, 0.3) is 22.3 Å². The Morgan fingerprint density at radius 2 is 1.87 bits per heavy atom. The Hall–Kier alpha value is -2.79. The summed E-state index contributed by atoms with van der Waals surface area (Å²) in [7, 11) is -2.43. The summed E-state index contributed by atoms with van der Waals surface area (Å²) in [4.78, 5) is 12.3. The third-order valence-electron chi connectivity index (χ3n) is 4.73. The Balaban J connectivity index is 2.05. The second-order valence-corrected chi connectivity index (χ2v) is 9.28. The maximum atomic E-state index is 14.4. The van der Waals surface area contributed by atoms with Crippen LogP contribution in [0.2, 0.25) is 0 Å². The zero-order chi connectivity index (χ0) is 22.6. The minimum Gasteiger partial charge on any atom is -0.494 e. The zero-order valence-electron chi connectivity index (χ0n) is 16.6. The largest absolute Gasteiger partial charge is 0.494 e. The van der Waals surface area contributed by atoms with Crippen LogP contribution in [0.5, 0.6) is 5.75 Å². The highest BCUT2D eigenvalue weighted by molar-refractivity contribution is 7.89. The normalized spacial score (nSPS) is 11.4. The minimum absolute atomic E-state index is 0.00115. The van der Waals surface area contributed by atoms with Gasteiger partial charge in [0.25, 0.3) is 0 Å². The molecule has 0 saturated carbocycles. The molecule has 7 nitrogen and oxygen atoms in total. The van der Waals surface area contributed by atoms with Crippen molar-refractivity contribution in [1.82, 2.24) is 5.48 Å². The Morgan fingerprint density at radius 3 is 2.45 bits per heavy atom. The second-order valence-electron chi connectivity index (χ2n) is 6.75. The van der Waals surface area contributed by atoms with Gasteiger partial charge in [-0.25, -0.2) is 23.4 Å². The molecule has 0 aliphatic heterocycles. The fraction of sp³-hybridized carbons (Fsp3) is 0.190. The molecule has 0 spiro atoms. The molecular weight excluding hydrogens is 443 g/mol. The Kier molecular flexibility index (Phi) is 7.06. The molecule has 4 N–H and O–H groups in total. The molecule has 10 heteroatoms. The minimum atomic E-state index is -3.81. The standard InChI is InChI=1S/C21H21FN2O5S2/c1-29-18-10-7-14(11-17(18)22)21-16(12-30-19(21)3-2-4-20(25)24-26)13-5-8-15(9-6-13)31(23,27)28/h5-12,26H,2-4H2,1H3,(H,24,25)(H2,23,27,28). The number of hydrogen-bond donors (Lipinski definition) is 3. The smallest absolute Gasteiger partial charge is 0.243 e. The maximum Gasteiger partial charge on any atom is 0.243 e. The van der Waals surface area contributed by atoms with Crippen LogP contribution in [0.3, 0.4) is 0 Å². The van der Waals surface area contributed by atoms with E-state index < -0.39 is 21.7 Å². The topological polar surface area (TPSA) is 119 Å². The van der Waals surface area contributed by atoms with E-state index in [2.05, 4.69) is 0 Å². The average Bonchev–Trinajstić information content (AvgIpc) is 3.16. The molecule has 0 aliphatic carbocycles. The summed E-state index contributed by atoms with van der Waals surface area (Å²) in [6, 6.07) is 10.8. The van der Waals surface area contributed by atoms with Crippen LogP contribution in [0.1, 0.15) is 17.7 Å². The van der Waals surface area contributed by atoms with Gasteiger partial charge in [0.15, 0.2) is 11.6 Å². The molecule has 3 aromatic rings. The fourth-order valence-corrected chi connectivity index (χ4v) is 4.86. The van der Waals surface area contributed by atoms with Crippen LogP contribution in [0, 0.1) is 5.82 Å². The number of aryl methyl sites for hydroxylation is 1. The van der Waals surface area contributed by atoms with Crippen molar-refractivity contribution in [2.24, 2.45) is 5.14 Å². The van der Waals surface area contributed by atoms with E-state index in [-0.39, 0.29) is 17.1 Å². The molecule has 0 saturated heterocycles. The van der Waals surface area contributed by atoms with E-state index in [1.54, 1.807) is 29.7 Å². The van der Waals surface area contributed by atoms with E-state index in [0.717, 1.165) is 21.6 Å². The number of carbonyl (C=O) groups is 1. The van der Waals surface area contributed by atoms with Crippen molar-refractivity contribution in [2.45, 2.75) is 24.2 Å². The zero-order valence-corrected chi connectivity index (χ0v) is 18.2. The first-order chi connectivity index (χ1) is 14.7. The van der Waals surface area contributed by atoms with Crippen LogP contribution in [-0.2, 0) is 21.2 Å². The number of hydrogen-bond acceptors (Lipinski definition) is 6. The van der Waals surface area contributed by atoms with E-state index in [1.807, 2.05) is 5.38 Å². The van der Waals surface area contributed by atoms with E-state index >= 15 is 0 Å². The molecule has 1 aromatic heterocycles. The molecule has 31 heavy (non-hydrogen) atoms. The van der Waals surface area contributed by atoms with Gasteiger partial charge in [0.1, 0.15) is 0 Å². The second kappa shape index (κ2) is 9.56. The number of methoxy groups -OCH3 is 1. The first kappa shape index (κ1) is 22.9. The predicted octanol–water partition coefficient (Wildman–Crippen LogP) is 3.71. The number of primary sulfonamides is 1. The van der Waals surface area contributed by atoms with Gasteiger partial charge in [-0.2, -0.15) is 0 Å². The molecule has 1 heterocycles. The van der Waals surface area contributed by atoms with Gasteiger partial charge in [0.2, 0.25) is 15.9 Å². The van der Waals surface area contributed by atoms with Gasteiger partial charge >= 0.3 is 0 Å². The van der Waals surface area contributed by atoms with Crippen LogP contribution < -0.4 is 15.4 Å². The van der Waals surface area contributed by atoms with E-state index in [1.165, 1.54) is 36.6 Å². The summed E-state index contributed by atoms with van der Waals surface area (Å²) in [6.07, 6.45) is 1.17. The van der Waals surface area contributed by atoms with E-state index in [9.17, 15) is 17.6 Å². The third-order valence-corrected chi connectivity index (χ3v) is 6.71. The fourth-order valence-electron chi connectivity index (χ4n) is 3.22. The number of amides is 1. The Labute approximate surface area is 183 Å². The summed E-state index contributed by atoms with van der Waals surface area (Å²) in [5.74, 6) is -0.862. The lowest BCUT2D eigenvalue weighted by atomic mass is 9.95. The number of sulfonamides is 1. The summed E-state index contributed by atoms with van der Waals surface area (Å²) in [5.41, 5.74) is 4.58. The predicted molar refractivity (Wildman–Crippen MR) is 116 cm³/mol. The Morgan fingerprint density at radius 1 is 1.19 bits per heavy atom. The highest BCUT2D eigenvalue weighted by atomic mass is 32.2. The number of hydroxylamine groups is 1. The Bertz CT molecular complexity index is 1190. The molecule has 1 amide bonds. The molecule has 0 radical (unpaired) electrons. The van der Waals surface area contributed by atoms with Gasteiger partial charge in [-0.15, -0.1) is 11.3 Å². The first-order valence-corrected chi connectivity index (χ1v) is 11.7. The number of ether oxygens (including phenoxy) is 1. The van der Waals surface area contributed by atoms with Crippen molar-refractivity contribution in [3.63, 3.8) is 0 Å². The van der Waals surface area contributed by atoms with Crippen molar-refractivity contribution in [3.8, 4) is 28.0 Å². The number of thiophene rings is 1. The quantitative estimate of drug-likeness (QED) is 0.347. The van der Waals surface area contributed by atoms with Gasteiger partial charge in [0, 0.05) is 22.4 Å². The van der Waals surface area contributed by atoms with Crippen LogP contribution in [0.4, 0.5) is 4.39 Å². The highest BCUT2D eigenvalue weighted by Crippen LogP contribution is 2.41. The summed E-state index contributed by atoms with van der Waals surface area (Å²) in [5, 5.41) is 15.8. The average molecular weight is 465 g/mol. The van der Waals surface area contributed by atoms with Gasteiger partial charge < -0.3 is 4.74 Å². The molecule has 0 bridgehead atoms. The number of nitrogens with one attached hydrogen (secondary N) is 1. The van der Waals surface area contributed by atoms with Crippen LogP contribution >= 0.6 is 11.3 Å². The van der Waals surface area contributed by atoms with Gasteiger partial charge in [0.05, 0.1) is 12.0 Å². The molecule has 0 atom stereocenters.